The molecule has 1 fully saturated rings. The molecule has 0 aromatic carbocycles. The zero-order valence-corrected chi connectivity index (χ0v) is 10.3. The predicted octanol–water partition coefficient (Wildman–Crippen LogP) is 2.16. The molecule has 0 amide bonds. The van der Waals surface area contributed by atoms with Gasteiger partial charge in [-0.05, 0) is 49.7 Å². The number of nitrogens with two attached hydrogens (primary N) is 1. The van der Waals surface area contributed by atoms with E-state index in [-0.39, 0.29) is 0 Å². The van der Waals surface area contributed by atoms with E-state index in [1.54, 1.807) is 0 Å². The molecule has 0 saturated carbocycles. The van der Waals surface area contributed by atoms with E-state index in [1.165, 1.54) is 18.4 Å². The van der Waals surface area contributed by atoms with E-state index in [9.17, 15) is 0 Å². The molecule has 1 aliphatic heterocycles. The second-order valence-corrected chi connectivity index (χ2v) is 4.95. The van der Waals surface area contributed by atoms with Crippen molar-refractivity contribution in [3.05, 3.63) is 30.1 Å². The van der Waals surface area contributed by atoms with Gasteiger partial charge in [0.25, 0.3) is 0 Å². The minimum Gasteiger partial charge on any atom is -0.381 e. The smallest absolute Gasteiger partial charge is 0.0468 e. The van der Waals surface area contributed by atoms with Crippen molar-refractivity contribution in [1.29, 1.82) is 0 Å². The lowest BCUT2D eigenvalue weighted by Crippen LogP contribution is -2.27. The van der Waals surface area contributed by atoms with Gasteiger partial charge in [0.1, 0.15) is 0 Å². The van der Waals surface area contributed by atoms with Gasteiger partial charge in [-0.15, -0.1) is 0 Å². The second-order valence-electron chi connectivity index (χ2n) is 4.95. The van der Waals surface area contributed by atoms with Gasteiger partial charge in [0.05, 0.1) is 0 Å². The Labute approximate surface area is 103 Å². The van der Waals surface area contributed by atoms with Crippen LogP contribution in [-0.4, -0.2) is 24.2 Å². The van der Waals surface area contributed by atoms with Crippen LogP contribution in [0.3, 0.4) is 0 Å². The van der Waals surface area contributed by atoms with Gasteiger partial charge < -0.3 is 10.5 Å². The lowest BCUT2D eigenvalue weighted by Gasteiger charge is -2.24. The topological polar surface area (TPSA) is 48.1 Å². The molecule has 2 N–H and O–H groups in total. The Morgan fingerprint density at radius 1 is 1.41 bits per heavy atom. The molecule has 0 spiro atoms. The summed E-state index contributed by atoms with van der Waals surface area (Å²) in [5.74, 6) is 0.771. The number of hydrogen-bond donors (Lipinski definition) is 1. The molecule has 1 unspecified atom stereocenters. The summed E-state index contributed by atoms with van der Waals surface area (Å²) in [4.78, 5) is 4.12. The average molecular weight is 234 g/mol. The highest BCUT2D eigenvalue weighted by Gasteiger charge is 2.16. The maximum Gasteiger partial charge on any atom is 0.0468 e. The van der Waals surface area contributed by atoms with Gasteiger partial charge in [0, 0.05) is 31.6 Å². The van der Waals surface area contributed by atoms with Gasteiger partial charge in [-0.25, -0.2) is 0 Å². The van der Waals surface area contributed by atoms with Crippen LogP contribution in [-0.2, 0) is 11.2 Å². The molecule has 1 aliphatic rings. The highest BCUT2D eigenvalue weighted by molar-refractivity contribution is 5.08. The van der Waals surface area contributed by atoms with Crippen LogP contribution in [0.1, 0.15) is 31.2 Å². The Hall–Kier alpha value is -0.930. The highest BCUT2D eigenvalue weighted by Crippen LogP contribution is 2.20. The third-order valence-corrected chi connectivity index (χ3v) is 3.50. The molecular formula is C14H22N2O. The number of aryl methyl sites for hydroxylation is 1. The SMILES string of the molecule is NC(CCc1cccnc1)CC1CCOCC1. The van der Waals surface area contributed by atoms with Crippen LogP contribution >= 0.6 is 0 Å². The minimum absolute atomic E-state index is 0.318. The number of hydrogen-bond acceptors (Lipinski definition) is 3. The fraction of sp³-hybridized carbons (Fsp3) is 0.643. The Balaban J connectivity index is 1.68. The van der Waals surface area contributed by atoms with E-state index < -0.39 is 0 Å². The van der Waals surface area contributed by atoms with Crippen LogP contribution in [0.25, 0.3) is 0 Å². The largest absolute Gasteiger partial charge is 0.381 e. The van der Waals surface area contributed by atoms with E-state index in [4.69, 9.17) is 10.5 Å². The Kier molecular flexibility index (Phi) is 4.95. The van der Waals surface area contributed by atoms with E-state index in [2.05, 4.69) is 11.1 Å². The summed E-state index contributed by atoms with van der Waals surface area (Å²) in [5.41, 5.74) is 7.48. The van der Waals surface area contributed by atoms with Gasteiger partial charge in [0.15, 0.2) is 0 Å². The van der Waals surface area contributed by atoms with E-state index in [0.717, 1.165) is 38.4 Å². The normalized spacial score (nSPS) is 19.1. The number of aromatic nitrogens is 1. The van der Waals surface area contributed by atoms with Gasteiger partial charge in [-0.1, -0.05) is 6.07 Å². The first-order valence-electron chi connectivity index (χ1n) is 6.57. The molecule has 2 rings (SSSR count). The van der Waals surface area contributed by atoms with E-state index >= 15 is 0 Å². The molecule has 17 heavy (non-hydrogen) atoms. The Morgan fingerprint density at radius 3 is 2.94 bits per heavy atom. The number of rotatable bonds is 5. The summed E-state index contributed by atoms with van der Waals surface area (Å²) in [6.45, 7) is 1.83. The maximum atomic E-state index is 6.19. The molecule has 2 heterocycles. The average Bonchev–Trinajstić information content (AvgIpc) is 2.39. The number of pyridine rings is 1. The zero-order chi connectivity index (χ0) is 11.9. The van der Waals surface area contributed by atoms with Crippen molar-refractivity contribution in [2.24, 2.45) is 11.7 Å². The first kappa shape index (κ1) is 12.5. The lowest BCUT2D eigenvalue weighted by atomic mass is 9.90. The zero-order valence-electron chi connectivity index (χ0n) is 10.3. The number of ether oxygens (including phenoxy) is 1. The third kappa shape index (κ3) is 4.44. The van der Waals surface area contributed by atoms with Crippen LogP contribution in [0, 0.1) is 5.92 Å². The molecule has 1 atom stereocenters. The molecule has 0 bridgehead atoms. The summed E-state index contributed by atoms with van der Waals surface area (Å²) in [5, 5.41) is 0. The van der Waals surface area contributed by atoms with Crippen LogP contribution in [0.2, 0.25) is 0 Å². The highest BCUT2D eigenvalue weighted by atomic mass is 16.5. The summed E-state index contributed by atoms with van der Waals surface area (Å²) in [7, 11) is 0. The van der Waals surface area contributed by atoms with Crippen molar-refractivity contribution in [1.82, 2.24) is 4.98 Å². The van der Waals surface area contributed by atoms with Gasteiger partial charge in [-0.2, -0.15) is 0 Å². The van der Waals surface area contributed by atoms with E-state index in [0.29, 0.717) is 6.04 Å². The molecule has 0 radical (unpaired) electrons. The molecule has 0 aliphatic carbocycles. The van der Waals surface area contributed by atoms with Crippen molar-refractivity contribution >= 4 is 0 Å². The fourth-order valence-electron chi connectivity index (χ4n) is 2.43. The molecule has 1 aromatic heterocycles. The van der Waals surface area contributed by atoms with Crippen molar-refractivity contribution in [2.45, 2.75) is 38.1 Å². The van der Waals surface area contributed by atoms with Crippen molar-refractivity contribution < 1.29 is 4.74 Å². The predicted molar refractivity (Wildman–Crippen MR) is 68.7 cm³/mol. The second kappa shape index (κ2) is 6.72. The maximum absolute atomic E-state index is 6.19. The van der Waals surface area contributed by atoms with Crippen LogP contribution in [0.15, 0.2) is 24.5 Å². The molecule has 1 saturated heterocycles. The third-order valence-electron chi connectivity index (χ3n) is 3.50. The molecule has 1 aromatic rings. The van der Waals surface area contributed by atoms with Crippen LogP contribution in [0.5, 0.6) is 0 Å². The van der Waals surface area contributed by atoms with Crippen LogP contribution in [0.4, 0.5) is 0 Å². The summed E-state index contributed by atoms with van der Waals surface area (Å²) < 4.78 is 5.36. The molecule has 3 nitrogen and oxygen atoms in total. The van der Waals surface area contributed by atoms with Crippen molar-refractivity contribution in [3.8, 4) is 0 Å². The van der Waals surface area contributed by atoms with Crippen molar-refractivity contribution in [3.63, 3.8) is 0 Å². The molecular weight excluding hydrogens is 212 g/mol. The van der Waals surface area contributed by atoms with Gasteiger partial charge in [0.2, 0.25) is 0 Å². The summed E-state index contributed by atoms with van der Waals surface area (Å²) in [6, 6.07) is 4.42. The first-order valence-corrected chi connectivity index (χ1v) is 6.57. The number of nitrogens with zero attached hydrogens (tertiary/aromatic N) is 1. The molecule has 94 valence electrons. The van der Waals surface area contributed by atoms with Gasteiger partial charge in [-0.3, -0.25) is 4.98 Å². The Morgan fingerprint density at radius 2 is 2.24 bits per heavy atom. The minimum atomic E-state index is 0.318. The summed E-state index contributed by atoms with van der Waals surface area (Å²) in [6.07, 6.45) is 9.35. The van der Waals surface area contributed by atoms with Gasteiger partial charge >= 0.3 is 0 Å². The fourth-order valence-corrected chi connectivity index (χ4v) is 2.43. The van der Waals surface area contributed by atoms with Crippen LogP contribution < -0.4 is 5.73 Å². The standard InChI is InChI=1S/C14H22N2O/c15-14(10-12-5-8-17-9-6-12)4-3-13-2-1-7-16-11-13/h1-2,7,11-12,14H,3-6,8-10,15H2. The lowest BCUT2D eigenvalue weighted by molar-refractivity contribution is 0.0616. The quantitative estimate of drug-likeness (QED) is 0.849. The van der Waals surface area contributed by atoms with Crippen molar-refractivity contribution in [2.75, 3.05) is 13.2 Å². The first-order chi connectivity index (χ1) is 8.34. The molecule has 3 heteroatoms. The summed E-state index contributed by atoms with van der Waals surface area (Å²) >= 11 is 0. The monoisotopic (exact) mass is 234 g/mol. The van der Waals surface area contributed by atoms with E-state index in [1.807, 2.05) is 18.5 Å². The Bertz CT molecular complexity index is 309.